The van der Waals surface area contributed by atoms with Crippen LogP contribution in [0.15, 0.2) is 48.5 Å². The average molecular weight is 319 g/mol. The molecule has 0 aromatic heterocycles. The molecule has 0 heterocycles. The third-order valence-electron chi connectivity index (χ3n) is 3.85. The van der Waals surface area contributed by atoms with Crippen molar-refractivity contribution in [1.82, 2.24) is 5.32 Å². The van der Waals surface area contributed by atoms with Gasteiger partial charge in [0, 0.05) is 6.54 Å². The third kappa shape index (κ3) is 3.74. The van der Waals surface area contributed by atoms with Crippen molar-refractivity contribution in [1.29, 1.82) is 0 Å². The lowest BCUT2D eigenvalue weighted by Gasteiger charge is -2.25. The molecular formula is C18H19F2NO2. The number of carbonyl (C=O) groups excluding carboxylic acids is 1. The summed E-state index contributed by atoms with van der Waals surface area (Å²) >= 11 is 0. The van der Waals surface area contributed by atoms with E-state index in [0.717, 1.165) is 17.7 Å². The van der Waals surface area contributed by atoms with Crippen molar-refractivity contribution in [3.63, 3.8) is 0 Å². The van der Waals surface area contributed by atoms with Gasteiger partial charge in [0.2, 0.25) is 5.91 Å². The fraction of sp³-hybridized carbons (Fsp3) is 0.278. The zero-order valence-electron chi connectivity index (χ0n) is 13.0. The van der Waals surface area contributed by atoms with Crippen molar-refractivity contribution in [3.8, 4) is 0 Å². The quantitative estimate of drug-likeness (QED) is 0.890. The van der Waals surface area contributed by atoms with Gasteiger partial charge in [0.1, 0.15) is 17.7 Å². The van der Waals surface area contributed by atoms with Crippen molar-refractivity contribution < 1.29 is 18.7 Å². The van der Waals surface area contributed by atoms with Gasteiger partial charge in [0.15, 0.2) is 0 Å². The van der Waals surface area contributed by atoms with E-state index in [2.05, 4.69) is 5.32 Å². The fourth-order valence-electron chi connectivity index (χ4n) is 2.33. The first kappa shape index (κ1) is 17.1. The van der Waals surface area contributed by atoms with Gasteiger partial charge in [0.25, 0.3) is 0 Å². The number of amides is 1. The third-order valence-corrected chi connectivity index (χ3v) is 3.85. The van der Waals surface area contributed by atoms with E-state index in [-0.39, 0.29) is 12.5 Å². The molecule has 2 rings (SSSR count). The summed E-state index contributed by atoms with van der Waals surface area (Å²) in [4.78, 5) is 12.4. The van der Waals surface area contributed by atoms with Crippen LogP contribution < -0.4 is 5.32 Å². The Morgan fingerprint density at radius 2 is 1.65 bits per heavy atom. The summed E-state index contributed by atoms with van der Waals surface area (Å²) in [6.07, 6.45) is -1.45. The largest absolute Gasteiger partial charge is 0.386 e. The Hall–Kier alpha value is -2.27. The Morgan fingerprint density at radius 1 is 1.09 bits per heavy atom. The predicted octanol–water partition coefficient (Wildman–Crippen LogP) is 3.09. The first-order chi connectivity index (χ1) is 10.8. The molecule has 0 aliphatic rings. The molecule has 1 amide bonds. The van der Waals surface area contributed by atoms with Crippen molar-refractivity contribution in [2.45, 2.75) is 25.4 Å². The van der Waals surface area contributed by atoms with Gasteiger partial charge in [-0.3, -0.25) is 4.79 Å². The summed E-state index contributed by atoms with van der Waals surface area (Å²) < 4.78 is 27.2. The number of aliphatic hydroxyl groups excluding tert-OH is 1. The van der Waals surface area contributed by atoms with E-state index in [0.29, 0.717) is 0 Å². The minimum Gasteiger partial charge on any atom is -0.386 e. The molecule has 0 radical (unpaired) electrons. The van der Waals surface area contributed by atoms with E-state index >= 15 is 0 Å². The van der Waals surface area contributed by atoms with Crippen LogP contribution in [-0.4, -0.2) is 17.6 Å². The Labute approximate surface area is 134 Å². The van der Waals surface area contributed by atoms with Crippen molar-refractivity contribution in [3.05, 3.63) is 71.3 Å². The van der Waals surface area contributed by atoms with Crippen LogP contribution in [0, 0.1) is 11.6 Å². The smallest absolute Gasteiger partial charge is 0.230 e. The molecule has 0 fully saturated rings. The highest BCUT2D eigenvalue weighted by atomic mass is 19.1. The van der Waals surface area contributed by atoms with Gasteiger partial charge in [-0.05, 0) is 31.5 Å². The van der Waals surface area contributed by atoms with Gasteiger partial charge < -0.3 is 10.4 Å². The minimum atomic E-state index is -1.45. The Balaban J connectivity index is 2.07. The molecule has 1 atom stereocenters. The van der Waals surface area contributed by atoms with Gasteiger partial charge >= 0.3 is 0 Å². The first-order valence-electron chi connectivity index (χ1n) is 7.30. The van der Waals surface area contributed by atoms with Gasteiger partial charge in [-0.25, -0.2) is 8.78 Å². The number of aliphatic hydroxyl groups is 1. The molecule has 1 unspecified atom stereocenters. The number of rotatable bonds is 5. The van der Waals surface area contributed by atoms with E-state index < -0.39 is 28.7 Å². The van der Waals surface area contributed by atoms with E-state index in [1.807, 2.05) is 30.3 Å². The lowest BCUT2D eigenvalue weighted by Crippen LogP contribution is -2.41. The van der Waals surface area contributed by atoms with E-state index in [9.17, 15) is 18.7 Å². The van der Waals surface area contributed by atoms with E-state index in [4.69, 9.17) is 0 Å². The van der Waals surface area contributed by atoms with Gasteiger partial charge in [0.05, 0.1) is 11.0 Å². The van der Waals surface area contributed by atoms with Gasteiger partial charge in [-0.1, -0.05) is 36.4 Å². The number of halogens is 2. The minimum absolute atomic E-state index is 0.271. The molecule has 0 saturated heterocycles. The SMILES string of the molecule is CC(C)(C(=O)NCC(O)c1c(F)cccc1F)c1ccccc1. The van der Waals surface area contributed by atoms with Crippen LogP contribution in [0.4, 0.5) is 8.78 Å². The lowest BCUT2D eigenvalue weighted by molar-refractivity contribution is -0.126. The van der Waals surface area contributed by atoms with E-state index in [1.54, 1.807) is 13.8 Å². The molecular weight excluding hydrogens is 300 g/mol. The monoisotopic (exact) mass is 319 g/mol. The Bertz CT molecular complexity index is 666. The molecule has 0 spiro atoms. The highest BCUT2D eigenvalue weighted by Gasteiger charge is 2.30. The van der Waals surface area contributed by atoms with Crippen LogP contribution in [0.3, 0.4) is 0 Å². The van der Waals surface area contributed by atoms with E-state index in [1.165, 1.54) is 6.07 Å². The second-order valence-corrected chi connectivity index (χ2v) is 5.85. The topological polar surface area (TPSA) is 49.3 Å². The zero-order valence-corrected chi connectivity index (χ0v) is 13.0. The van der Waals surface area contributed by atoms with Gasteiger partial charge in [-0.2, -0.15) is 0 Å². The molecule has 0 saturated carbocycles. The van der Waals surface area contributed by atoms with Crippen molar-refractivity contribution >= 4 is 5.91 Å². The van der Waals surface area contributed by atoms with Crippen molar-refractivity contribution in [2.24, 2.45) is 0 Å². The molecule has 0 aliphatic carbocycles. The highest BCUT2D eigenvalue weighted by Crippen LogP contribution is 2.24. The Kier molecular flexibility index (Phi) is 5.11. The fourth-order valence-corrected chi connectivity index (χ4v) is 2.33. The number of carbonyl (C=O) groups is 1. The molecule has 0 bridgehead atoms. The average Bonchev–Trinajstić information content (AvgIpc) is 2.53. The zero-order chi connectivity index (χ0) is 17.0. The number of hydrogen-bond acceptors (Lipinski definition) is 2. The molecule has 2 aromatic carbocycles. The lowest BCUT2D eigenvalue weighted by atomic mass is 9.83. The van der Waals surface area contributed by atoms with Gasteiger partial charge in [-0.15, -0.1) is 0 Å². The summed E-state index contributed by atoms with van der Waals surface area (Å²) in [5, 5.41) is 12.5. The molecule has 0 aliphatic heterocycles. The summed E-state index contributed by atoms with van der Waals surface area (Å²) in [6.45, 7) is 3.22. The second-order valence-electron chi connectivity index (χ2n) is 5.85. The molecule has 5 heteroatoms. The maximum Gasteiger partial charge on any atom is 0.230 e. The van der Waals surface area contributed by atoms with Crippen LogP contribution in [-0.2, 0) is 10.2 Å². The molecule has 3 nitrogen and oxygen atoms in total. The highest BCUT2D eigenvalue weighted by molar-refractivity contribution is 5.87. The normalized spacial score (nSPS) is 12.7. The predicted molar refractivity (Wildman–Crippen MR) is 83.8 cm³/mol. The number of nitrogens with one attached hydrogen (secondary N) is 1. The van der Waals surface area contributed by atoms with Crippen LogP contribution in [0.1, 0.15) is 31.1 Å². The molecule has 2 aromatic rings. The van der Waals surface area contributed by atoms with Crippen molar-refractivity contribution in [2.75, 3.05) is 6.54 Å². The summed E-state index contributed by atoms with van der Waals surface area (Å²) in [5.41, 5.74) is -0.455. The van der Waals surface area contributed by atoms with Crippen LogP contribution in [0.5, 0.6) is 0 Å². The Morgan fingerprint density at radius 3 is 2.22 bits per heavy atom. The maximum absolute atomic E-state index is 13.6. The van der Waals surface area contributed by atoms with Crippen LogP contribution in [0.25, 0.3) is 0 Å². The summed E-state index contributed by atoms with van der Waals surface area (Å²) in [6, 6.07) is 12.5. The second kappa shape index (κ2) is 6.87. The first-order valence-corrected chi connectivity index (χ1v) is 7.30. The maximum atomic E-state index is 13.6. The summed E-state index contributed by atoms with van der Waals surface area (Å²) in [5.74, 6) is -2.01. The molecule has 23 heavy (non-hydrogen) atoms. The van der Waals surface area contributed by atoms with Crippen LogP contribution >= 0.6 is 0 Å². The number of hydrogen-bond donors (Lipinski definition) is 2. The molecule has 2 N–H and O–H groups in total. The summed E-state index contributed by atoms with van der Waals surface area (Å²) in [7, 11) is 0. The standard InChI is InChI=1S/C18H19F2NO2/c1-18(2,12-7-4-3-5-8-12)17(23)21-11-15(22)16-13(19)9-6-10-14(16)20/h3-10,15,22H,11H2,1-2H3,(H,21,23). The number of benzene rings is 2. The molecule has 122 valence electrons. The van der Waals surface area contributed by atoms with Crippen LogP contribution in [0.2, 0.25) is 0 Å².